The van der Waals surface area contributed by atoms with Gasteiger partial charge in [0.15, 0.2) is 0 Å². The van der Waals surface area contributed by atoms with E-state index in [0.29, 0.717) is 10.6 Å². The molecule has 0 aromatic carbocycles. The van der Waals surface area contributed by atoms with Crippen molar-refractivity contribution in [3.63, 3.8) is 0 Å². The molecular formula is C18H20N4O2S. The number of nitrogens with one attached hydrogen (secondary N) is 1. The Hall–Kier alpha value is -2.28. The van der Waals surface area contributed by atoms with Gasteiger partial charge in [-0.15, -0.1) is 0 Å². The van der Waals surface area contributed by atoms with E-state index in [2.05, 4.69) is 14.7 Å². The quantitative estimate of drug-likeness (QED) is 0.916. The molecule has 2 aromatic heterocycles. The highest BCUT2D eigenvalue weighted by atomic mass is 32.1. The van der Waals surface area contributed by atoms with Gasteiger partial charge in [-0.3, -0.25) is 14.6 Å². The summed E-state index contributed by atoms with van der Waals surface area (Å²) in [6, 6.07) is 7.32. The van der Waals surface area contributed by atoms with Crippen LogP contribution in [0.5, 0.6) is 0 Å². The third-order valence-corrected chi connectivity index (χ3v) is 6.30. The van der Waals surface area contributed by atoms with Crippen LogP contribution in [-0.2, 0) is 0 Å². The van der Waals surface area contributed by atoms with E-state index >= 15 is 0 Å². The molecule has 130 valence electrons. The molecule has 1 atom stereocenters. The van der Waals surface area contributed by atoms with Crippen LogP contribution in [0.1, 0.15) is 45.8 Å². The summed E-state index contributed by atoms with van der Waals surface area (Å²) in [4.78, 5) is 31.5. The van der Waals surface area contributed by atoms with E-state index in [-0.39, 0.29) is 23.3 Å². The summed E-state index contributed by atoms with van der Waals surface area (Å²) in [5.41, 5.74) is 0.594. The van der Waals surface area contributed by atoms with Crippen LogP contribution in [-0.4, -0.2) is 45.2 Å². The second-order valence-corrected chi connectivity index (χ2v) is 7.64. The van der Waals surface area contributed by atoms with Crippen LogP contribution in [0.4, 0.5) is 0 Å². The van der Waals surface area contributed by atoms with Gasteiger partial charge < -0.3 is 10.2 Å². The van der Waals surface area contributed by atoms with Crippen molar-refractivity contribution in [3.05, 3.63) is 47.2 Å². The maximum absolute atomic E-state index is 12.4. The number of hydrogen-bond donors (Lipinski definition) is 1. The van der Waals surface area contributed by atoms with E-state index in [1.54, 1.807) is 30.6 Å². The first-order valence-electron chi connectivity index (χ1n) is 8.60. The topological polar surface area (TPSA) is 75.2 Å². The minimum absolute atomic E-state index is 0.0748. The number of hydrogen-bond acceptors (Lipinski definition) is 5. The normalized spacial score (nSPS) is 21.6. The number of aromatic nitrogens is 2. The maximum Gasteiger partial charge on any atom is 0.270 e. The second-order valence-electron chi connectivity index (χ2n) is 6.81. The molecule has 1 N–H and O–H groups in total. The minimum atomic E-state index is -0.104. The first-order valence-corrected chi connectivity index (χ1v) is 9.37. The van der Waals surface area contributed by atoms with Gasteiger partial charge in [0.25, 0.3) is 11.8 Å². The van der Waals surface area contributed by atoms with E-state index in [0.717, 1.165) is 38.8 Å². The number of carbonyl (C=O) groups is 2. The van der Waals surface area contributed by atoms with Gasteiger partial charge in [0.1, 0.15) is 10.6 Å². The highest BCUT2D eigenvalue weighted by Gasteiger charge is 2.49. The fourth-order valence-corrected chi connectivity index (χ4v) is 4.45. The molecule has 6 nitrogen and oxygen atoms in total. The largest absolute Gasteiger partial charge is 0.347 e. The zero-order chi connectivity index (χ0) is 17.3. The van der Waals surface area contributed by atoms with Gasteiger partial charge in [0, 0.05) is 31.5 Å². The lowest BCUT2D eigenvalue weighted by molar-refractivity contribution is -0.00225. The molecule has 1 saturated heterocycles. The van der Waals surface area contributed by atoms with Crippen LogP contribution >= 0.6 is 11.5 Å². The van der Waals surface area contributed by atoms with Crippen LogP contribution in [0.2, 0.25) is 0 Å². The monoisotopic (exact) mass is 356 g/mol. The number of pyridine rings is 1. The molecule has 2 aromatic rings. The molecule has 1 unspecified atom stereocenters. The summed E-state index contributed by atoms with van der Waals surface area (Å²) in [6.07, 6.45) is 7.28. The van der Waals surface area contributed by atoms with E-state index < -0.39 is 0 Å². The number of carbonyl (C=O) groups excluding carboxylic acids is 2. The SMILES string of the molecule is O=C(NC1CCC12CCN(C(=O)c1ccns1)CC2)c1ccccn1. The minimum Gasteiger partial charge on any atom is -0.347 e. The fourth-order valence-electron chi connectivity index (χ4n) is 3.89. The Morgan fingerprint density at radius 1 is 1.16 bits per heavy atom. The number of rotatable bonds is 3. The Morgan fingerprint density at radius 3 is 2.60 bits per heavy atom. The molecular weight excluding hydrogens is 336 g/mol. The zero-order valence-electron chi connectivity index (χ0n) is 13.9. The Bertz CT molecular complexity index is 755. The molecule has 0 bridgehead atoms. The number of nitrogens with zero attached hydrogens (tertiary/aromatic N) is 3. The lowest BCUT2D eigenvalue weighted by Gasteiger charge is -2.54. The highest BCUT2D eigenvalue weighted by molar-refractivity contribution is 7.08. The van der Waals surface area contributed by atoms with E-state index in [9.17, 15) is 9.59 Å². The molecule has 2 amide bonds. The van der Waals surface area contributed by atoms with Crippen LogP contribution in [0.25, 0.3) is 0 Å². The Balaban J connectivity index is 1.36. The van der Waals surface area contributed by atoms with Crippen molar-refractivity contribution in [1.82, 2.24) is 19.6 Å². The number of amides is 2. The van der Waals surface area contributed by atoms with Crippen molar-refractivity contribution in [1.29, 1.82) is 0 Å². The van der Waals surface area contributed by atoms with Crippen LogP contribution in [0.15, 0.2) is 36.7 Å². The molecule has 4 rings (SSSR count). The average molecular weight is 356 g/mol. The summed E-state index contributed by atoms with van der Waals surface area (Å²) in [5.74, 6) is -0.0291. The molecule has 2 aliphatic rings. The predicted octanol–water partition coefficient (Wildman–Crippen LogP) is 2.35. The van der Waals surface area contributed by atoms with Crippen molar-refractivity contribution >= 4 is 23.3 Å². The summed E-state index contributed by atoms with van der Waals surface area (Å²) >= 11 is 1.25. The summed E-state index contributed by atoms with van der Waals surface area (Å²) in [7, 11) is 0. The maximum atomic E-state index is 12.4. The molecule has 1 aliphatic heterocycles. The zero-order valence-corrected chi connectivity index (χ0v) is 14.7. The summed E-state index contributed by atoms with van der Waals surface area (Å²) < 4.78 is 4.01. The van der Waals surface area contributed by atoms with Gasteiger partial charge in [0.2, 0.25) is 0 Å². The Morgan fingerprint density at radius 2 is 2.00 bits per heavy atom. The fraction of sp³-hybridized carbons (Fsp3) is 0.444. The number of likely N-dealkylation sites (tertiary alicyclic amines) is 1. The van der Waals surface area contributed by atoms with E-state index in [4.69, 9.17) is 0 Å². The molecule has 1 aliphatic carbocycles. The van der Waals surface area contributed by atoms with Crippen molar-refractivity contribution in [2.24, 2.45) is 5.41 Å². The molecule has 2 fully saturated rings. The van der Waals surface area contributed by atoms with E-state index in [1.165, 1.54) is 11.5 Å². The van der Waals surface area contributed by atoms with Gasteiger partial charge in [-0.05, 0) is 60.8 Å². The van der Waals surface area contributed by atoms with Gasteiger partial charge >= 0.3 is 0 Å². The Kier molecular flexibility index (Phi) is 4.25. The molecule has 1 spiro atoms. The third kappa shape index (κ3) is 3.04. The molecule has 7 heteroatoms. The van der Waals surface area contributed by atoms with Crippen LogP contribution < -0.4 is 5.32 Å². The van der Waals surface area contributed by atoms with Gasteiger partial charge in [0.05, 0.1) is 0 Å². The summed E-state index contributed by atoms with van der Waals surface area (Å²) in [5, 5.41) is 3.15. The van der Waals surface area contributed by atoms with Gasteiger partial charge in [-0.1, -0.05) is 6.07 Å². The standard InChI is InChI=1S/C18H20N4O2S/c23-16(13-3-1-2-9-19-13)21-15-4-6-18(15)7-11-22(12-8-18)17(24)14-5-10-20-25-14/h1-3,5,9-10,15H,4,6-8,11-12H2,(H,21,23). The lowest BCUT2D eigenvalue weighted by atomic mass is 9.59. The van der Waals surface area contributed by atoms with Crippen molar-refractivity contribution in [2.75, 3.05) is 13.1 Å². The third-order valence-electron chi connectivity index (χ3n) is 5.57. The number of piperidine rings is 1. The summed E-state index contributed by atoms with van der Waals surface area (Å²) in [6.45, 7) is 1.49. The van der Waals surface area contributed by atoms with Crippen LogP contribution in [0, 0.1) is 5.41 Å². The molecule has 0 radical (unpaired) electrons. The van der Waals surface area contributed by atoms with Crippen LogP contribution in [0.3, 0.4) is 0 Å². The smallest absolute Gasteiger partial charge is 0.270 e. The van der Waals surface area contributed by atoms with Gasteiger partial charge in [-0.2, -0.15) is 0 Å². The highest BCUT2D eigenvalue weighted by Crippen LogP contribution is 2.49. The first kappa shape index (κ1) is 16.2. The molecule has 3 heterocycles. The van der Waals surface area contributed by atoms with Crippen molar-refractivity contribution in [3.8, 4) is 0 Å². The second kappa shape index (κ2) is 6.55. The first-order chi connectivity index (χ1) is 12.2. The van der Waals surface area contributed by atoms with E-state index in [1.807, 2.05) is 11.0 Å². The predicted molar refractivity (Wildman–Crippen MR) is 94.4 cm³/mol. The Labute approximate surface area is 150 Å². The van der Waals surface area contributed by atoms with Gasteiger partial charge in [-0.25, -0.2) is 4.37 Å². The van der Waals surface area contributed by atoms with Crippen molar-refractivity contribution in [2.45, 2.75) is 31.7 Å². The lowest BCUT2D eigenvalue weighted by Crippen LogP contribution is -2.59. The molecule has 25 heavy (non-hydrogen) atoms. The average Bonchev–Trinajstić information content (AvgIpc) is 3.20. The van der Waals surface area contributed by atoms with Crippen molar-refractivity contribution < 1.29 is 9.59 Å². The molecule has 1 saturated carbocycles.